The minimum Gasteiger partial charge on any atom is -0.504 e. The molecule has 0 spiro atoms. The predicted molar refractivity (Wildman–Crippen MR) is 143 cm³/mol. The first-order valence-electron chi connectivity index (χ1n) is 12.8. The van der Waals surface area contributed by atoms with Crippen molar-refractivity contribution in [3.8, 4) is 23.0 Å². The fourth-order valence-electron chi connectivity index (χ4n) is 5.47. The molecular formula is C32H31NO4. The Balaban J connectivity index is 1.24. The summed E-state index contributed by atoms with van der Waals surface area (Å²) in [5.74, 6) is 2.28. The van der Waals surface area contributed by atoms with Crippen LogP contribution in [0.5, 0.6) is 23.0 Å². The highest BCUT2D eigenvalue weighted by Gasteiger charge is 2.34. The van der Waals surface area contributed by atoms with Crippen LogP contribution in [0.1, 0.15) is 39.4 Å². The normalized spacial score (nSPS) is 16.3. The molecule has 37 heavy (non-hydrogen) atoms. The molecule has 4 aromatic rings. The molecule has 0 radical (unpaired) electrons. The molecule has 1 atom stereocenters. The summed E-state index contributed by atoms with van der Waals surface area (Å²) in [4.78, 5) is 2.52. The van der Waals surface area contributed by atoms with E-state index in [2.05, 4.69) is 29.2 Å². The number of methoxy groups -OCH3 is 1. The van der Waals surface area contributed by atoms with Gasteiger partial charge in [-0.3, -0.25) is 4.90 Å². The van der Waals surface area contributed by atoms with Crippen LogP contribution in [0.25, 0.3) is 0 Å². The first-order valence-corrected chi connectivity index (χ1v) is 12.8. The molecule has 5 heteroatoms. The Kier molecular flexibility index (Phi) is 6.46. The van der Waals surface area contributed by atoms with E-state index >= 15 is 0 Å². The predicted octanol–water partition coefficient (Wildman–Crippen LogP) is 6.21. The van der Waals surface area contributed by atoms with Gasteiger partial charge in [-0.15, -0.1) is 0 Å². The van der Waals surface area contributed by atoms with Crippen LogP contribution in [0.4, 0.5) is 0 Å². The molecule has 0 bridgehead atoms. The van der Waals surface area contributed by atoms with Crippen molar-refractivity contribution in [1.29, 1.82) is 0 Å². The number of fused-ring (bicyclic) bond motifs is 4. The molecule has 0 fully saturated rings. The highest BCUT2D eigenvalue weighted by atomic mass is 16.5. The summed E-state index contributed by atoms with van der Waals surface area (Å²) in [5, 5.41) is 10.8. The molecule has 1 N–H and O–H groups in total. The lowest BCUT2D eigenvalue weighted by atomic mass is 9.83. The van der Waals surface area contributed by atoms with E-state index in [9.17, 15) is 5.11 Å². The Morgan fingerprint density at radius 2 is 1.41 bits per heavy atom. The molecule has 188 valence electrons. The Morgan fingerprint density at radius 3 is 2.08 bits per heavy atom. The SMILES string of the molecule is COc1cc2c(cc1OCc1ccccc1)C1Cc3cc(O)c(OCc4ccccc4)cc3CN1CC2. The number of nitrogens with zero attached hydrogens (tertiary/aromatic N) is 1. The number of phenols is 1. The maximum absolute atomic E-state index is 10.8. The van der Waals surface area contributed by atoms with E-state index in [1.807, 2.05) is 60.7 Å². The first kappa shape index (κ1) is 23.4. The van der Waals surface area contributed by atoms with Crippen molar-refractivity contribution in [3.05, 3.63) is 118 Å². The molecule has 2 aliphatic heterocycles. The summed E-state index contributed by atoms with van der Waals surface area (Å²) in [7, 11) is 1.70. The maximum Gasteiger partial charge on any atom is 0.162 e. The first-order chi connectivity index (χ1) is 18.2. The second kappa shape index (κ2) is 10.2. The Bertz CT molecular complexity index is 1390. The van der Waals surface area contributed by atoms with E-state index in [0.29, 0.717) is 19.0 Å². The second-order valence-electron chi connectivity index (χ2n) is 9.78. The van der Waals surface area contributed by atoms with E-state index in [1.165, 1.54) is 22.3 Å². The number of ether oxygens (including phenoxy) is 3. The minimum absolute atomic E-state index is 0.195. The average molecular weight is 494 g/mol. The fraction of sp³-hybridized carbons (Fsp3) is 0.250. The number of benzene rings is 4. The lowest BCUT2D eigenvalue weighted by Gasteiger charge is -2.41. The van der Waals surface area contributed by atoms with Crippen LogP contribution in [0, 0.1) is 0 Å². The summed E-state index contributed by atoms with van der Waals surface area (Å²) < 4.78 is 17.9. The maximum atomic E-state index is 10.8. The molecule has 4 aromatic carbocycles. The smallest absolute Gasteiger partial charge is 0.162 e. The third-order valence-corrected chi connectivity index (χ3v) is 7.44. The molecule has 5 nitrogen and oxygen atoms in total. The number of aromatic hydroxyl groups is 1. The van der Waals surface area contributed by atoms with Gasteiger partial charge in [0.2, 0.25) is 0 Å². The van der Waals surface area contributed by atoms with Crippen molar-refractivity contribution >= 4 is 0 Å². The molecule has 2 aliphatic rings. The zero-order chi connectivity index (χ0) is 25.2. The Hall–Kier alpha value is -3.96. The number of rotatable bonds is 7. The van der Waals surface area contributed by atoms with Gasteiger partial charge in [-0.2, -0.15) is 0 Å². The molecule has 0 aliphatic carbocycles. The van der Waals surface area contributed by atoms with E-state index in [4.69, 9.17) is 14.2 Å². The van der Waals surface area contributed by atoms with Crippen LogP contribution >= 0.6 is 0 Å². The van der Waals surface area contributed by atoms with E-state index < -0.39 is 0 Å². The quantitative estimate of drug-likeness (QED) is 0.332. The zero-order valence-electron chi connectivity index (χ0n) is 21.0. The molecule has 0 saturated carbocycles. The largest absolute Gasteiger partial charge is 0.504 e. The third-order valence-electron chi connectivity index (χ3n) is 7.44. The zero-order valence-corrected chi connectivity index (χ0v) is 21.0. The average Bonchev–Trinajstić information content (AvgIpc) is 2.94. The molecule has 0 amide bonds. The van der Waals surface area contributed by atoms with Gasteiger partial charge in [0, 0.05) is 19.1 Å². The molecule has 0 saturated heterocycles. The van der Waals surface area contributed by atoms with Crippen LogP contribution in [0.15, 0.2) is 84.9 Å². The topological polar surface area (TPSA) is 51.2 Å². The van der Waals surface area contributed by atoms with Crippen molar-refractivity contribution in [2.75, 3.05) is 13.7 Å². The second-order valence-corrected chi connectivity index (χ2v) is 9.78. The highest BCUT2D eigenvalue weighted by molar-refractivity contribution is 5.52. The van der Waals surface area contributed by atoms with Crippen LogP contribution < -0.4 is 14.2 Å². The van der Waals surface area contributed by atoms with Crippen molar-refractivity contribution in [1.82, 2.24) is 4.90 Å². The third kappa shape index (κ3) is 4.87. The van der Waals surface area contributed by atoms with Gasteiger partial charge in [0.25, 0.3) is 0 Å². The Labute approximate surface area is 217 Å². The number of hydrogen-bond donors (Lipinski definition) is 1. The van der Waals surface area contributed by atoms with Gasteiger partial charge in [-0.25, -0.2) is 0 Å². The van der Waals surface area contributed by atoms with Gasteiger partial charge in [-0.05, 0) is 70.5 Å². The molecule has 6 rings (SSSR count). The van der Waals surface area contributed by atoms with Crippen LogP contribution in [-0.4, -0.2) is 23.7 Å². The van der Waals surface area contributed by atoms with Crippen LogP contribution in [0.2, 0.25) is 0 Å². The van der Waals surface area contributed by atoms with Gasteiger partial charge in [0.1, 0.15) is 13.2 Å². The molecule has 2 heterocycles. The van der Waals surface area contributed by atoms with E-state index in [0.717, 1.165) is 48.6 Å². The summed E-state index contributed by atoms with van der Waals surface area (Å²) in [5.41, 5.74) is 7.17. The summed E-state index contributed by atoms with van der Waals surface area (Å²) in [6.07, 6.45) is 1.80. The van der Waals surface area contributed by atoms with Crippen LogP contribution in [-0.2, 0) is 32.6 Å². The summed E-state index contributed by atoms with van der Waals surface area (Å²) >= 11 is 0. The van der Waals surface area contributed by atoms with E-state index in [-0.39, 0.29) is 11.8 Å². The summed E-state index contributed by atoms with van der Waals surface area (Å²) in [6, 6.07) is 28.6. The Morgan fingerprint density at radius 1 is 0.757 bits per heavy atom. The highest BCUT2D eigenvalue weighted by Crippen LogP contribution is 2.44. The van der Waals surface area contributed by atoms with Crippen molar-refractivity contribution in [2.45, 2.75) is 38.6 Å². The van der Waals surface area contributed by atoms with Gasteiger partial charge in [0.15, 0.2) is 23.0 Å². The minimum atomic E-state index is 0.195. The van der Waals surface area contributed by atoms with Crippen molar-refractivity contribution in [3.63, 3.8) is 0 Å². The molecule has 1 unspecified atom stereocenters. The lowest BCUT2D eigenvalue weighted by Crippen LogP contribution is -2.39. The van der Waals surface area contributed by atoms with E-state index in [1.54, 1.807) is 7.11 Å². The van der Waals surface area contributed by atoms with Crippen molar-refractivity contribution in [2.24, 2.45) is 0 Å². The van der Waals surface area contributed by atoms with Gasteiger partial charge >= 0.3 is 0 Å². The molecule has 0 aromatic heterocycles. The van der Waals surface area contributed by atoms with Crippen LogP contribution in [0.3, 0.4) is 0 Å². The van der Waals surface area contributed by atoms with Crippen molar-refractivity contribution < 1.29 is 19.3 Å². The number of hydrogen-bond acceptors (Lipinski definition) is 5. The van der Waals surface area contributed by atoms with Gasteiger partial charge < -0.3 is 19.3 Å². The summed E-state index contributed by atoms with van der Waals surface area (Å²) in [6.45, 7) is 2.73. The lowest BCUT2D eigenvalue weighted by molar-refractivity contribution is 0.159. The monoisotopic (exact) mass is 493 g/mol. The standard InChI is InChI=1S/C32H31NO4/c1-35-31-16-24-12-13-33-19-26-17-30(36-20-22-8-4-2-5-9-22)29(34)15-25(26)14-28(33)27(24)18-32(31)37-21-23-10-6-3-7-11-23/h2-11,15-18,28,34H,12-14,19-21H2,1H3. The fourth-order valence-corrected chi connectivity index (χ4v) is 5.47. The van der Waals surface area contributed by atoms with Gasteiger partial charge in [-0.1, -0.05) is 60.7 Å². The molecular weight excluding hydrogens is 462 g/mol. The van der Waals surface area contributed by atoms with Gasteiger partial charge in [0.05, 0.1) is 7.11 Å². The number of phenolic OH excluding ortho intramolecular Hbond substituents is 1.